The zero-order valence-corrected chi connectivity index (χ0v) is 20.9. The number of methoxy groups -OCH3 is 1. The lowest BCUT2D eigenvalue weighted by atomic mass is 9.95. The Balaban J connectivity index is 1.55. The molecule has 0 aliphatic carbocycles. The van der Waals surface area contributed by atoms with E-state index in [0.717, 1.165) is 20.9 Å². The molecule has 0 unspecified atom stereocenters. The molecule has 1 aromatic heterocycles. The van der Waals surface area contributed by atoms with Crippen LogP contribution >= 0.6 is 15.9 Å². The number of hydrogen-bond acceptors (Lipinski definition) is 4. The molecular weight excluding hydrogens is 527 g/mol. The third-order valence-electron chi connectivity index (χ3n) is 6.44. The van der Waals surface area contributed by atoms with Crippen molar-refractivity contribution in [2.75, 3.05) is 13.7 Å². The first-order chi connectivity index (χ1) is 17.4. The molecule has 1 aliphatic heterocycles. The highest BCUT2D eigenvalue weighted by molar-refractivity contribution is 9.10. The molecule has 2 N–H and O–H groups in total. The molecule has 0 spiro atoms. The molecule has 0 radical (unpaired) electrons. The molecule has 6 nitrogen and oxygen atoms in total. The van der Waals surface area contributed by atoms with E-state index in [9.17, 15) is 19.1 Å². The second-order valence-corrected chi connectivity index (χ2v) is 9.44. The number of rotatable bonds is 6. The van der Waals surface area contributed by atoms with Crippen molar-refractivity contribution in [2.24, 2.45) is 0 Å². The van der Waals surface area contributed by atoms with Crippen LogP contribution in [0.4, 0.5) is 4.39 Å². The van der Waals surface area contributed by atoms with Crippen LogP contribution in [0.15, 0.2) is 83.0 Å². The lowest BCUT2D eigenvalue weighted by molar-refractivity contribution is -0.139. The smallest absolute Gasteiger partial charge is 0.295 e. The number of aliphatic hydroxyl groups excluding tert-OH is 1. The number of aliphatic hydroxyl groups is 1. The number of amides is 1. The van der Waals surface area contributed by atoms with E-state index in [0.29, 0.717) is 23.3 Å². The van der Waals surface area contributed by atoms with Crippen LogP contribution in [0, 0.1) is 5.82 Å². The van der Waals surface area contributed by atoms with E-state index in [1.807, 2.05) is 24.4 Å². The minimum atomic E-state index is -0.853. The molecule has 0 saturated carbocycles. The number of carbonyl (C=O) groups is 2. The van der Waals surface area contributed by atoms with Gasteiger partial charge in [-0.2, -0.15) is 0 Å². The Morgan fingerprint density at radius 2 is 1.81 bits per heavy atom. The molecule has 5 rings (SSSR count). The summed E-state index contributed by atoms with van der Waals surface area (Å²) in [4.78, 5) is 31.1. The van der Waals surface area contributed by atoms with Crippen molar-refractivity contribution in [2.45, 2.75) is 12.5 Å². The van der Waals surface area contributed by atoms with Crippen LogP contribution in [-0.2, 0) is 16.0 Å². The van der Waals surface area contributed by atoms with Crippen molar-refractivity contribution in [3.05, 3.63) is 105 Å². The van der Waals surface area contributed by atoms with Gasteiger partial charge in [0, 0.05) is 33.7 Å². The van der Waals surface area contributed by atoms with E-state index < -0.39 is 23.5 Å². The first kappa shape index (κ1) is 23.8. The summed E-state index contributed by atoms with van der Waals surface area (Å²) in [7, 11) is 1.60. The molecule has 0 bridgehead atoms. The first-order valence-electron chi connectivity index (χ1n) is 11.3. The average Bonchev–Trinajstić information content (AvgIpc) is 3.40. The van der Waals surface area contributed by atoms with Crippen LogP contribution in [0.2, 0.25) is 0 Å². The number of Topliss-reactive ketones (excluding diaryl/α,β-unsaturated/α-hetero) is 1. The van der Waals surface area contributed by atoms with Crippen molar-refractivity contribution in [3.8, 4) is 5.75 Å². The third kappa shape index (κ3) is 4.28. The minimum Gasteiger partial charge on any atom is -0.507 e. The molecule has 1 atom stereocenters. The first-order valence-corrected chi connectivity index (χ1v) is 12.1. The number of nitrogens with zero attached hydrogens (tertiary/aromatic N) is 1. The van der Waals surface area contributed by atoms with Gasteiger partial charge < -0.3 is 19.7 Å². The number of fused-ring (bicyclic) bond motifs is 1. The van der Waals surface area contributed by atoms with Crippen molar-refractivity contribution >= 4 is 44.3 Å². The van der Waals surface area contributed by atoms with Gasteiger partial charge >= 0.3 is 0 Å². The average molecular weight is 549 g/mol. The predicted octanol–water partition coefficient (Wildman–Crippen LogP) is 5.74. The third-order valence-corrected chi connectivity index (χ3v) is 6.97. The van der Waals surface area contributed by atoms with Gasteiger partial charge in [-0.05, 0) is 60.0 Å². The van der Waals surface area contributed by atoms with E-state index in [-0.39, 0.29) is 17.9 Å². The summed E-state index contributed by atoms with van der Waals surface area (Å²) < 4.78 is 19.8. The minimum absolute atomic E-state index is 0.0190. The van der Waals surface area contributed by atoms with Gasteiger partial charge in [0.25, 0.3) is 11.7 Å². The van der Waals surface area contributed by atoms with Crippen LogP contribution in [0.25, 0.3) is 16.7 Å². The van der Waals surface area contributed by atoms with Crippen LogP contribution in [0.5, 0.6) is 5.75 Å². The van der Waals surface area contributed by atoms with Crippen molar-refractivity contribution in [3.63, 3.8) is 0 Å². The number of likely N-dealkylation sites (tertiary alicyclic amines) is 1. The number of benzene rings is 3. The maximum atomic E-state index is 13.7. The fourth-order valence-electron chi connectivity index (χ4n) is 4.60. The fraction of sp³-hybridized carbons (Fsp3) is 0.143. The second-order valence-electron chi connectivity index (χ2n) is 8.53. The van der Waals surface area contributed by atoms with E-state index in [1.54, 1.807) is 31.4 Å². The summed E-state index contributed by atoms with van der Waals surface area (Å²) >= 11 is 3.36. The molecule has 1 amide bonds. The monoisotopic (exact) mass is 548 g/mol. The topological polar surface area (TPSA) is 82.6 Å². The Morgan fingerprint density at radius 3 is 2.50 bits per heavy atom. The molecule has 1 fully saturated rings. The van der Waals surface area contributed by atoms with E-state index in [2.05, 4.69) is 20.9 Å². The van der Waals surface area contributed by atoms with Gasteiger partial charge in [-0.3, -0.25) is 9.59 Å². The largest absolute Gasteiger partial charge is 0.507 e. The molecule has 4 aromatic rings. The van der Waals surface area contributed by atoms with Crippen LogP contribution in [-0.4, -0.2) is 40.3 Å². The number of aromatic amines is 1. The Morgan fingerprint density at radius 1 is 1.08 bits per heavy atom. The van der Waals surface area contributed by atoms with Gasteiger partial charge in [-0.25, -0.2) is 4.39 Å². The van der Waals surface area contributed by atoms with Crippen LogP contribution < -0.4 is 4.74 Å². The number of carbonyl (C=O) groups excluding carboxylic acids is 2. The summed E-state index contributed by atoms with van der Waals surface area (Å²) in [5.74, 6) is -1.47. The fourth-order valence-corrected chi connectivity index (χ4v) is 4.86. The Kier molecular flexibility index (Phi) is 6.36. The van der Waals surface area contributed by atoms with Gasteiger partial charge in [0.2, 0.25) is 0 Å². The highest BCUT2D eigenvalue weighted by Gasteiger charge is 2.45. The number of H-pyrrole nitrogens is 1. The highest BCUT2D eigenvalue weighted by atomic mass is 79.9. The van der Waals surface area contributed by atoms with Crippen LogP contribution in [0.1, 0.15) is 22.7 Å². The number of aromatic nitrogens is 1. The number of hydrogen-bond donors (Lipinski definition) is 2. The SMILES string of the molecule is COc1ccc2[nH]cc(CCN3C(=O)C(=O)C(=C(O)c4ccc(Br)cc4)[C@H]3c3ccc(F)cc3)c2c1. The van der Waals surface area contributed by atoms with Gasteiger partial charge in [0.15, 0.2) is 0 Å². The van der Waals surface area contributed by atoms with Crippen molar-refractivity contribution < 1.29 is 23.8 Å². The molecule has 1 saturated heterocycles. The number of ether oxygens (including phenoxy) is 1. The molecule has 8 heteroatoms. The van der Waals surface area contributed by atoms with Gasteiger partial charge in [0.05, 0.1) is 18.7 Å². The standard InChI is InChI=1S/C28H22BrFN2O4/c1-36-21-10-11-23-22(14-21)18(15-31-23)12-13-32-25(16-4-8-20(30)9-5-16)24(27(34)28(32)35)26(33)17-2-6-19(29)7-3-17/h2-11,14-15,25,31,33H,12-13H2,1H3/t25-/m1/s1. The predicted molar refractivity (Wildman–Crippen MR) is 138 cm³/mol. The Bertz CT molecular complexity index is 1490. The van der Waals surface area contributed by atoms with Gasteiger partial charge in [-0.15, -0.1) is 0 Å². The number of nitrogens with one attached hydrogen (secondary N) is 1. The zero-order chi connectivity index (χ0) is 25.4. The molecule has 2 heterocycles. The summed E-state index contributed by atoms with van der Waals surface area (Å²) in [6.45, 7) is 0.216. The van der Waals surface area contributed by atoms with Crippen LogP contribution in [0.3, 0.4) is 0 Å². The lowest BCUT2D eigenvalue weighted by Crippen LogP contribution is -2.31. The summed E-state index contributed by atoms with van der Waals surface area (Å²) in [6.07, 6.45) is 2.33. The van der Waals surface area contributed by atoms with E-state index in [4.69, 9.17) is 4.74 Å². The summed E-state index contributed by atoms with van der Waals surface area (Å²) in [5, 5.41) is 12.1. The normalized spacial score (nSPS) is 17.2. The Hall–Kier alpha value is -3.91. The van der Waals surface area contributed by atoms with Crippen molar-refractivity contribution in [1.82, 2.24) is 9.88 Å². The maximum absolute atomic E-state index is 13.7. The molecule has 182 valence electrons. The molecule has 1 aliphatic rings. The van der Waals surface area contributed by atoms with Crippen molar-refractivity contribution in [1.29, 1.82) is 0 Å². The summed E-state index contributed by atoms with van der Waals surface area (Å²) in [6, 6.07) is 17.3. The van der Waals surface area contributed by atoms with E-state index >= 15 is 0 Å². The molecule has 3 aromatic carbocycles. The molecular formula is C28H22BrFN2O4. The Labute approximate surface area is 215 Å². The van der Waals surface area contributed by atoms with Gasteiger partial charge in [0.1, 0.15) is 17.3 Å². The highest BCUT2D eigenvalue weighted by Crippen LogP contribution is 2.40. The number of halogens is 2. The zero-order valence-electron chi connectivity index (χ0n) is 19.3. The quantitative estimate of drug-likeness (QED) is 0.183. The summed E-state index contributed by atoms with van der Waals surface area (Å²) in [5.41, 5.74) is 2.81. The lowest BCUT2D eigenvalue weighted by Gasteiger charge is -2.25. The molecule has 36 heavy (non-hydrogen) atoms. The maximum Gasteiger partial charge on any atom is 0.295 e. The van der Waals surface area contributed by atoms with E-state index in [1.165, 1.54) is 29.2 Å². The number of ketones is 1. The second kappa shape index (κ2) is 9.62. The van der Waals surface area contributed by atoms with Gasteiger partial charge in [-0.1, -0.05) is 40.2 Å².